The van der Waals surface area contributed by atoms with Gasteiger partial charge in [0.1, 0.15) is 44.7 Å². The maximum absolute atomic E-state index is 5.92. The normalized spacial score (nSPS) is 11.4. The van der Waals surface area contributed by atoms with E-state index in [-0.39, 0.29) is 0 Å². The second-order valence-electron chi connectivity index (χ2n) is 26.2. The molecule has 0 saturated carbocycles. The largest absolute Gasteiger partial charge is 0.456 e. The third-order valence-electron chi connectivity index (χ3n) is 19.4. The highest BCUT2D eigenvalue weighted by atomic mass is 32.1. The number of hydrogen-bond donors (Lipinski definition) is 4. The molecule has 106 heavy (non-hydrogen) atoms. The molecule has 0 saturated heterocycles. The number of fused-ring (bicyclic) bond motifs is 18. The lowest BCUT2D eigenvalue weighted by atomic mass is 10.0. The van der Waals surface area contributed by atoms with Crippen molar-refractivity contribution >= 4 is 196 Å². The number of benzene rings is 16. The summed E-state index contributed by atoms with van der Waals surface area (Å²) in [6, 6.07) is 126. The van der Waals surface area contributed by atoms with Crippen molar-refractivity contribution in [3.63, 3.8) is 0 Å². The summed E-state index contributed by atoms with van der Waals surface area (Å²) in [5.74, 6) is 0. The molecule has 22 aromatic rings. The van der Waals surface area contributed by atoms with Gasteiger partial charge in [-0.1, -0.05) is 188 Å². The van der Waals surface area contributed by atoms with Gasteiger partial charge in [0, 0.05) is 129 Å². The van der Waals surface area contributed by atoms with Crippen LogP contribution in [0.25, 0.3) is 150 Å². The van der Waals surface area contributed by atoms with Crippen molar-refractivity contribution in [3.8, 4) is 22.3 Å². The highest BCUT2D eigenvalue weighted by molar-refractivity contribution is 7.26. The molecule has 0 aliphatic rings. The van der Waals surface area contributed by atoms with Gasteiger partial charge in [-0.3, -0.25) is 0 Å². The van der Waals surface area contributed by atoms with Crippen molar-refractivity contribution in [2.75, 3.05) is 21.3 Å². The SMILES string of the molecule is c1ccc(-c2ccc(Nc3ccc4oc5ccccc5c4c3)cc2)cc1.c1ccc(Nc2ccc(-c3ccc4oc5ccccc5c4c3)cc2)cc1.c1ccc2c(c1)oc1ccc(Nc3ccc4oc5ccccc5c4c3)cc12.c1ccc2c(c1)sc1ccc(Nc3ccc4sc5ccccc5c4c3)cc12. The molecule has 0 aliphatic heterocycles. The Kier molecular flexibility index (Phi) is 16.5. The topological polar surface area (TPSA) is 101 Å². The highest BCUT2D eigenvalue weighted by Gasteiger charge is 2.14. The fourth-order valence-corrected chi connectivity index (χ4v) is 16.4. The molecule has 0 atom stereocenters. The van der Waals surface area contributed by atoms with Gasteiger partial charge in [-0.2, -0.15) is 0 Å². The van der Waals surface area contributed by atoms with Crippen LogP contribution in [0.3, 0.4) is 0 Å². The fourth-order valence-electron chi connectivity index (χ4n) is 14.2. The summed E-state index contributed by atoms with van der Waals surface area (Å²) < 4.78 is 29.0. The van der Waals surface area contributed by atoms with Gasteiger partial charge in [0.25, 0.3) is 0 Å². The van der Waals surface area contributed by atoms with E-state index in [9.17, 15) is 0 Å². The van der Waals surface area contributed by atoms with Gasteiger partial charge < -0.3 is 38.9 Å². The van der Waals surface area contributed by atoms with Crippen LogP contribution in [-0.4, -0.2) is 0 Å². The van der Waals surface area contributed by atoms with Crippen LogP contribution in [0.5, 0.6) is 0 Å². The Hall–Kier alpha value is -13.6. The quantitative estimate of drug-likeness (QED) is 0.107. The van der Waals surface area contributed by atoms with Crippen LogP contribution < -0.4 is 21.3 Å². The van der Waals surface area contributed by atoms with Crippen molar-refractivity contribution in [1.82, 2.24) is 0 Å². The molecule has 8 nitrogen and oxygen atoms in total. The van der Waals surface area contributed by atoms with Crippen LogP contribution in [0.1, 0.15) is 0 Å². The van der Waals surface area contributed by atoms with Gasteiger partial charge in [0.2, 0.25) is 0 Å². The second kappa shape index (κ2) is 27.6. The summed E-state index contributed by atoms with van der Waals surface area (Å²) in [6.45, 7) is 0. The van der Waals surface area contributed by atoms with E-state index in [2.05, 4.69) is 258 Å². The van der Waals surface area contributed by atoms with E-state index < -0.39 is 0 Å². The molecule has 0 aliphatic carbocycles. The molecule has 10 heteroatoms. The minimum atomic E-state index is 0.901. The van der Waals surface area contributed by atoms with Gasteiger partial charge >= 0.3 is 0 Å². The molecule has 16 aromatic carbocycles. The van der Waals surface area contributed by atoms with E-state index in [1.807, 2.05) is 150 Å². The molecule has 0 fully saturated rings. The van der Waals surface area contributed by atoms with Crippen LogP contribution in [0.4, 0.5) is 45.5 Å². The van der Waals surface area contributed by atoms with Crippen LogP contribution in [0, 0.1) is 0 Å². The Bertz CT molecular complexity index is 6520. The minimum Gasteiger partial charge on any atom is -0.456 e. The first kappa shape index (κ1) is 63.3. The first-order chi connectivity index (χ1) is 52.4. The van der Waals surface area contributed by atoms with E-state index in [0.717, 1.165) is 133 Å². The average Bonchev–Trinajstić information content (AvgIpc) is 1.65. The number of nitrogens with one attached hydrogen (secondary N) is 4. The van der Waals surface area contributed by atoms with Gasteiger partial charge in [-0.05, 0) is 198 Å². The van der Waals surface area contributed by atoms with Crippen molar-refractivity contribution < 1.29 is 17.7 Å². The molecular formula is C96H64N4O4S2. The van der Waals surface area contributed by atoms with Crippen LogP contribution in [0.15, 0.2) is 382 Å². The van der Waals surface area contributed by atoms with E-state index in [4.69, 9.17) is 17.7 Å². The van der Waals surface area contributed by atoms with Gasteiger partial charge in [-0.15, -0.1) is 22.7 Å². The number of rotatable bonds is 10. The first-order valence-electron chi connectivity index (χ1n) is 35.3. The molecular weight excluding hydrogens is 1340 g/mol. The summed E-state index contributed by atoms with van der Waals surface area (Å²) in [4.78, 5) is 0. The molecule has 0 amide bonds. The number of hydrogen-bond acceptors (Lipinski definition) is 10. The van der Waals surface area contributed by atoms with Gasteiger partial charge in [0.05, 0.1) is 0 Å². The summed E-state index contributed by atoms with van der Waals surface area (Å²) >= 11 is 3.71. The Morgan fingerprint density at radius 2 is 0.396 bits per heavy atom. The Labute approximate surface area is 617 Å². The maximum Gasteiger partial charge on any atom is 0.135 e. The van der Waals surface area contributed by atoms with Gasteiger partial charge in [0.15, 0.2) is 0 Å². The number of para-hydroxylation sites is 5. The van der Waals surface area contributed by atoms with E-state index in [1.54, 1.807) is 0 Å². The average molecular weight is 1400 g/mol. The molecule has 0 bridgehead atoms. The van der Waals surface area contributed by atoms with Crippen molar-refractivity contribution in [2.45, 2.75) is 0 Å². The summed E-state index contributed by atoms with van der Waals surface area (Å²) in [5, 5.41) is 28.4. The monoisotopic (exact) mass is 1400 g/mol. The second-order valence-corrected chi connectivity index (χ2v) is 28.4. The fraction of sp³-hybridized carbons (Fsp3) is 0. The number of thiophene rings is 2. The zero-order valence-corrected chi connectivity index (χ0v) is 58.7. The molecule has 504 valence electrons. The van der Waals surface area contributed by atoms with E-state index >= 15 is 0 Å². The van der Waals surface area contributed by atoms with Gasteiger partial charge in [-0.25, -0.2) is 0 Å². The van der Waals surface area contributed by atoms with Crippen LogP contribution in [0.2, 0.25) is 0 Å². The molecule has 22 rings (SSSR count). The van der Waals surface area contributed by atoms with Crippen molar-refractivity contribution in [2.24, 2.45) is 0 Å². The van der Waals surface area contributed by atoms with E-state index in [1.165, 1.54) is 62.6 Å². The maximum atomic E-state index is 5.92. The van der Waals surface area contributed by atoms with Crippen LogP contribution in [-0.2, 0) is 0 Å². The summed E-state index contributed by atoms with van der Waals surface area (Å²) in [5.41, 5.74) is 20.8. The summed E-state index contributed by atoms with van der Waals surface area (Å²) in [6.07, 6.45) is 0. The van der Waals surface area contributed by atoms with Crippen LogP contribution >= 0.6 is 22.7 Å². The Morgan fingerprint density at radius 3 is 0.811 bits per heavy atom. The first-order valence-corrected chi connectivity index (χ1v) is 36.9. The predicted molar refractivity (Wildman–Crippen MR) is 450 cm³/mol. The third kappa shape index (κ3) is 12.7. The predicted octanol–water partition coefficient (Wildman–Crippen LogP) is 29.4. The van der Waals surface area contributed by atoms with Crippen molar-refractivity contribution in [1.29, 1.82) is 0 Å². The Morgan fingerprint density at radius 1 is 0.151 bits per heavy atom. The molecule has 4 N–H and O–H groups in total. The number of anilines is 8. The lowest BCUT2D eigenvalue weighted by Gasteiger charge is -2.08. The molecule has 0 radical (unpaired) electrons. The van der Waals surface area contributed by atoms with Crippen molar-refractivity contribution in [3.05, 3.63) is 364 Å². The summed E-state index contributed by atoms with van der Waals surface area (Å²) in [7, 11) is 0. The highest BCUT2D eigenvalue weighted by Crippen LogP contribution is 2.41. The molecule has 6 aromatic heterocycles. The molecule has 0 unspecified atom stereocenters. The zero-order chi connectivity index (χ0) is 70.3. The number of furan rings is 4. The lowest BCUT2D eigenvalue weighted by Crippen LogP contribution is -1.89. The smallest absolute Gasteiger partial charge is 0.135 e. The Balaban J connectivity index is 0.0000000967. The standard InChI is InChI=1S/C24H15NO2.2C24H17NO.C24H15NS2/c1-3-7-21-17(5-1)19-13-15(9-11-23(19)26-21)25-16-10-12-24-20(14-16)18-6-2-4-8-22(18)27-24;1-2-6-19(7-3-1)25-20-13-10-17(11-14-20)18-12-15-24-22(16-18)21-8-4-5-9-23(21)26-24;1-2-6-17(7-3-1)18-10-12-19(13-11-18)25-20-14-15-24-22(16-20)21-8-4-5-9-23(21)26-24;1-3-7-21-17(5-1)19-13-15(9-11-23(19)26-21)25-16-10-12-24-20(14-16)18-6-2-4-8-22(18)27-24/h1-14,25H;2*1-16,25H;1-14,25H. The third-order valence-corrected chi connectivity index (χ3v) is 21.7. The minimum absolute atomic E-state index is 0.901. The molecule has 0 spiro atoms. The van der Waals surface area contributed by atoms with E-state index in [0.29, 0.717) is 0 Å². The lowest BCUT2D eigenvalue weighted by molar-refractivity contribution is 0.668. The zero-order valence-electron chi connectivity index (χ0n) is 57.1. The molecule has 6 heterocycles.